The first kappa shape index (κ1) is 16.4. The Labute approximate surface area is 153 Å². The molecule has 0 aliphatic heterocycles. The highest BCUT2D eigenvalue weighted by atomic mass is 35.5. The van der Waals surface area contributed by atoms with Gasteiger partial charge in [0.1, 0.15) is 5.58 Å². The number of benzene rings is 2. The second-order valence-electron chi connectivity index (χ2n) is 5.86. The molecule has 0 fully saturated rings. The molecule has 0 saturated carbocycles. The van der Waals surface area contributed by atoms with Gasteiger partial charge in [0.2, 0.25) is 17.7 Å². The average Bonchev–Trinajstić information content (AvgIpc) is 3.26. The second kappa shape index (κ2) is 6.31. The number of rotatable bonds is 4. The van der Waals surface area contributed by atoms with Gasteiger partial charge in [0, 0.05) is 34.9 Å². The van der Waals surface area contributed by atoms with Crippen molar-refractivity contribution >= 4 is 28.5 Å². The van der Waals surface area contributed by atoms with E-state index in [0.717, 1.165) is 33.2 Å². The highest BCUT2D eigenvalue weighted by molar-refractivity contribution is 6.17. The molecule has 2 heterocycles. The van der Waals surface area contributed by atoms with E-state index in [-0.39, 0.29) is 5.88 Å². The molecule has 4 rings (SSSR count). The van der Waals surface area contributed by atoms with E-state index in [4.69, 9.17) is 26.2 Å². The molecule has 7 heteroatoms. The van der Waals surface area contributed by atoms with Crippen molar-refractivity contribution in [3.05, 3.63) is 59.7 Å². The topological polar surface area (TPSA) is 95.1 Å². The van der Waals surface area contributed by atoms with Crippen molar-refractivity contribution in [3.8, 4) is 22.6 Å². The summed E-state index contributed by atoms with van der Waals surface area (Å²) >= 11 is 6.09. The van der Waals surface area contributed by atoms with Crippen LogP contribution in [-0.2, 0) is 5.88 Å². The van der Waals surface area contributed by atoms with Crippen LogP contribution in [0.15, 0.2) is 51.5 Å². The lowest BCUT2D eigenvalue weighted by Crippen LogP contribution is -2.11. The van der Waals surface area contributed by atoms with Gasteiger partial charge in [0.05, 0.1) is 6.26 Å². The van der Waals surface area contributed by atoms with Crippen LogP contribution in [0.5, 0.6) is 0 Å². The SMILES string of the molecule is Cc1nnc(-c2ccc3occ(-c4ccc(C(N)=O)cc4CCl)c3c2)o1. The minimum Gasteiger partial charge on any atom is -0.464 e. The van der Waals surface area contributed by atoms with Crippen LogP contribution in [0.4, 0.5) is 0 Å². The number of carbonyl (C=O) groups is 1. The number of hydrogen-bond donors (Lipinski definition) is 1. The number of nitrogens with two attached hydrogens (primary N) is 1. The number of hydrogen-bond acceptors (Lipinski definition) is 5. The van der Waals surface area contributed by atoms with E-state index in [0.29, 0.717) is 17.3 Å². The lowest BCUT2D eigenvalue weighted by Gasteiger charge is -2.08. The van der Waals surface area contributed by atoms with Crippen LogP contribution in [0.1, 0.15) is 21.8 Å². The Kier molecular flexibility index (Phi) is 3.97. The molecular weight excluding hydrogens is 354 g/mol. The fourth-order valence-corrected chi connectivity index (χ4v) is 3.13. The van der Waals surface area contributed by atoms with E-state index in [1.165, 1.54) is 0 Å². The maximum absolute atomic E-state index is 11.4. The van der Waals surface area contributed by atoms with Crippen molar-refractivity contribution in [1.29, 1.82) is 0 Å². The van der Waals surface area contributed by atoms with Gasteiger partial charge in [-0.2, -0.15) is 0 Å². The molecule has 0 unspecified atom stereocenters. The molecule has 2 aromatic carbocycles. The Bertz CT molecular complexity index is 1130. The maximum Gasteiger partial charge on any atom is 0.248 e. The fraction of sp³-hybridized carbons (Fsp3) is 0.105. The number of alkyl halides is 1. The molecule has 1 amide bonds. The minimum absolute atomic E-state index is 0.242. The van der Waals surface area contributed by atoms with Crippen molar-refractivity contribution in [2.24, 2.45) is 5.73 Å². The van der Waals surface area contributed by atoms with E-state index in [1.54, 1.807) is 25.3 Å². The average molecular weight is 368 g/mol. The van der Waals surface area contributed by atoms with E-state index in [9.17, 15) is 4.79 Å². The molecule has 6 nitrogen and oxygen atoms in total. The van der Waals surface area contributed by atoms with Crippen molar-refractivity contribution in [3.63, 3.8) is 0 Å². The summed E-state index contributed by atoms with van der Waals surface area (Å²) in [7, 11) is 0. The van der Waals surface area contributed by atoms with Gasteiger partial charge < -0.3 is 14.6 Å². The van der Waals surface area contributed by atoms with E-state index >= 15 is 0 Å². The first-order valence-electron chi connectivity index (χ1n) is 7.87. The first-order chi connectivity index (χ1) is 12.6. The predicted molar refractivity (Wildman–Crippen MR) is 97.8 cm³/mol. The van der Waals surface area contributed by atoms with Gasteiger partial charge in [-0.1, -0.05) is 6.07 Å². The number of aryl methyl sites for hydroxylation is 1. The number of fused-ring (bicyclic) bond motifs is 1. The number of halogens is 1. The molecular formula is C19H14ClN3O3. The Balaban J connectivity index is 1.88. The molecule has 0 spiro atoms. The zero-order chi connectivity index (χ0) is 18.3. The molecule has 2 N–H and O–H groups in total. The molecule has 0 bridgehead atoms. The maximum atomic E-state index is 11.4. The molecule has 0 saturated heterocycles. The number of aromatic nitrogens is 2. The Morgan fingerprint density at radius 1 is 1.15 bits per heavy atom. The molecule has 0 atom stereocenters. The Morgan fingerprint density at radius 3 is 2.69 bits per heavy atom. The van der Waals surface area contributed by atoms with Crippen LogP contribution in [-0.4, -0.2) is 16.1 Å². The molecule has 0 aliphatic rings. The van der Waals surface area contributed by atoms with Crippen LogP contribution in [0.3, 0.4) is 0 Å². The van der Waals surface area contributed by atoms with E-state index in [2.05, 4.69) is 10.2 Å². The molecule has 0 aliphatic carbocycles. The molecule has 26 heavy (non-hydrogen) atoms. The lowest BCUT2D eigenvalue weighted by molar-refractivity contribution is 0.1000. The normalized spacial score (nSPS) is 11.2. The zero-order valence-electron chi connectivity index (χ0n) is 13.8. The van der Waals surface area contributed by atoms with Gasteiger partial charge >= 0.3 is 0 Å². The summed E-state index contributed by atoms with van der Waals surface area (Å²) in [4.78, 5) is 11.4. The van der Waals surface area contributed by atoms with Crippen molar-refractivity contribution in [2.75, 3.05) is 0 Å². The third-order valence-electron chi connectivity index (χ3n) is 4.17. The third kappa shape index (κ3) is 2.74. The molecule has 2 aromatic heterocycles. The van der Waals surface area contributed by atoms with E-state index in [1.807, 2.05) is 24.3 Å². The first-order valence-corrected chi connectivity index (χ1v) is 8.41. The van der Waals surface area contributed by atoms with E-state index < -0.39 is 5.91 Å². The van der Waals surface area contributed by atoms with Crippen LogP contribution in [0.2, 0.25) is 0 Å². The number of nitrogens with zero attached hydrogens (tertiary/aromatic N) is 2. The molecule has 0 radical (unpaired) electrons. The largest absolute Gasteiger partial charge is 0.464 e. The summed E-state index contributed by atoms with van der Waals surface area (Å²) < 4.78 is 11.2. The van der Waals surface area contributed by atoms with Gasteiger partial charge in [-0.3, -0.25) is 4.79 Å². The van der Waals surface area contributed by atoms with Crippen molar-refractivity contribution < 1.29 is 13.6 Å². The second-order valence-corrected chi connectivity index (χ2v) is 6.12. The summed E-state index contributed by atoms with van der Waals surface area (Å²) in [6, 6.07) is 10.9. The highest BCUT2D eigenvalue weighted by Gasteiger charge is 2.15. The molecule has 4 aromatic rings. The number of carbonyl (C=O) groups excluding carboxylic acids is 1. The number of primary amides is 1. The van der Waals surface area contributed by atoms with Gasteiger partial charge in [0.25, 0.3) is 0 Å². The summed E-state index contributed by atoms with van der Waals surface area (Å²) in [5, 5.41) is 8.80. The standard InChI is InChI=1S/C19H14ClN3O3/c1-10-22-23-19(26-10)12-3-5-17-15(7-12)16(9-25-17)14-4-2-11(18(21)24)6-13(14)8-20/h2-7,9H,8H2,1H3,(H2,21,24). The van der Waals surface area contributed by atoms with Crippen LogP contribution < -0.4 is 5.73 Å². The van der Waals surface area contributed by atoms with Gasteiger partial charge in [-0.15, -0.1) is 21.8 Å². The van der Waals surface area contributed by atoms with Crippen LogP contribution in [0.25, 0.3) is 33.6 Å². The fourth-order valence-electron chi connectivity index (χ4n) is 2.90. The number of furan rings is 1. The monoisotopic (exact) mass is 367 g/mol. The Hall–Kier alpha value is -3.12. The zero-order valence-corrected chi connectivity index (χ0v) is 14.6. The van der Waals surface area contributed by atoms with Gasteiger partial charge in [-0.05, 0) is 41.5 Å². The van der Waals surface area contributed by atoms with Crippen LogP contribution in [0, 0.1) is 6.92 Å². The highest BCUT2D eigenvalue weighted by Crippen LogP contribution is 2.36. The molecule has 130 valence electrons. The summed E-state index contributed by atoms with van der Waals surface area (Å²) in [5.74, 6) is 0.692. The summed E-state index contributed by atoms with van der Waals surface area (Å²) in [5.41, 5.74) is 9.83. The predicted octanol–water partition coefficient (Wildman–Crippen LogP) is 4.30. The van der Waals surface area contributed by atoms with Crippen molar-refractivity contribution in [2.45, 2.75) is 12.8 Å². The summed E-state index contributed by atoms with van der Waals surface area (Å²) in [6.45, 7) is 1.74. The van der Waals surface area contributed by atoms with Crippen molar-refractivity contribution in [1.82, 2.24) is 10.2 Å². The van der Waals surface area contributed by atoms with Crippen LogP contribution >= 0.6 is 11.6 Å². The van der Waals surface area contributed by atoms with Gasteiger partial charge in [-0.25, -0.2) is 0 Å². The Morgan fingerprint density at radius 2 is 2.00 bits per heavy atom. The quantitative estimate of drug-likeness (QED) is 0.542. The number of amides is 1. The third-order valence-corrected chi connectivity index (χ3v) is 4.46. The minimum atomic E-state index is -0.492. The smallest absolute Gasteiger partial charge is 0.248 e. The summed E-state index contributed by atoms with van der Waals surface area (Å²) in [6.07, 6.45) is 1.67. The lowest BCUT2D eigenvalue weighted by atomic mass is 9.97. The van der Waals surface area contributed by atoms with Gasteiger partial charge in [0.15, 0.2) is 0 Å².